The summed E-state index contributed by atoms with van der Waals surface area (Å²) in [6, 6.07) is 9.04. The van der Waals surface area contributed by atoms with E-state index in [4.69, 9.17) is 0 Å². The lowest BCUT2D eigenvalue weighted by Gasteiger charge is -2.06. The normalized spacial score (nSPS) is 10.7. The Morgan fingerprint density at radius 2 is 1.77 bits per heavy atom. The number of unbranched alkanes of at least 4 members (excludes halogenated alkanes) is 2. The molecule has 10 nitrogen and oxygen atoms in total. The molecular weight excluding hydrogens is 472 g/mol. The van der Waals surface area contributed by atoms with E-state index in [2.05, 4.69) is 31.8 Å². The van der Waals surface area contributed by atoms with Crippen molar-refractivity contribution in [2.24, 2.45) is 5.10 Å². The maximum absolute atomic E-state index is 11.9. The Balaban J connectivity index is 1.69. The second-order valence-electron chi connectivity index (χ2n) is 6.54. The molecule has 4 N–H and O–H groups in total. The summed E-state index contributed by atoms with van der Waals surface area (Å²) in [6.45, 7) is 0. The average Bonchev–Trinajstić information content (AvgIpc) is 2.71. The monoisotopic (exact) mass is 492 g/mol. The minimum absolute atomic E-state index is 0.00106. The molecule has 2 amide bonds. The van der Waals surface area contributed by atoms with Crippen molar-refractivity contribution in [1.29, 1.82) is 0 Å². The van der Waals surface area contributed by atoms with E-state index in [0.717, 1.165) is 12.3 Å². The van der Waals surface area contributed by atoms with Gasteiger partial charge in [-0.05, 0) is 31.0 Å². The van der Waals surface area contributed by atoms with Crippen LogP contribution < -0.4 is 10.7 Å². The molecule has 11 heteroatoms. The van der Waals surface area contributed by atoms with Gasteiger partial charge in [0, 0.05) is 28.9 Å². The fourth-order valence-corrected chi connectivity index (χ4v) is 3.08. The Morgan fingerprint density at radius 1 is 1.10 bits per heavy atom. The number of phenolic OH excluding ortho intramolecular Hbond substituents is 2. The van der Waals surface area contributed by atoms with Crippen molar-refractivity contribution < 1.29 is 24.7 Å². The molecule has 31 heavy (non-hydrogen) atoms. The van der Waals surface area contributed by atoms with Gasteiger partial charge in [-0.3, -0.25) is 19.7 Å². The fourth-order valence-electron chi connectivity index (χ4n) is 2.61. The van der Waals surface area contributed by atoms with Gasteiger partial charge in [0.2, 0.25) is 17.6 Å². The number of hydrogen-bond acceptors (Lipinski definition) is 7. The van der Waals surface area contributed by atoms with E-state index in [-0.39, 0.29) is 36.0 Å². The SMILES string of the molecule is O=C(CCCCCC(=O)Nc1ccccc1O)N/N=C/c1cc(Br)cc([N+](=O)[O-])c1O. The molecule has 0 aliphatic heterocycles. The molecule has 0 aliphatic rings. The van der Waals surface area contributed by atoms with Crippen molar-refractivity contribution in [3.05, 3.63) is 56.5 Å². The van der Waals surface area contributed by atoms with Crippen molar-refractivity contribution in [2.45, 2.75) is 32.1 Å². The Hall–Kier alpha value is -3.47. The van der Waals surface area contributed by atoms with Gasteiger partial charge in [-0.25, -0.2) is 5.43 Å². The fraction of sp³-hybridized carbons (Fsp3) is 0.250. The zero-order chi connectivity index (χ0) is 22.8. The molecule has 0 spiro atoms. The number of phenols is 2. The molecule has 0 radical (unpaired) electrons. The van der Waals surface area contributed by atoms with E-state index >= 15 is 0 Å². The van der Waals surface area contributed by atoms with Crippen LogP contribution in [0.3, 0.4) is 0 Å². The highest BCUT2D eigenvalue weighted by Crippen LogP contribution is 2.32. The molecular formula is C20H21BrN4O6. The van der Waals surface area contributed by atoms with E-state index in [9.17, 15) is 29.9 Å². The van der Waals surface area contributed by atoms with Gasteiger partial charge < -0.3 is 15.5 Å². The van der Waals surface area contributed by atoms with Gasteiger partial charge in [-0.15, -0.1) is 0 Å². The number of anilines is 1. The summed E-state index contributed by atoms with van der Waals surface area (Å²) < 4.78 is 0.385. The maximum Gasteiger partial charge on any atom is 0.312 e. The highest BCUT2D eigenvalue weighted by Gasteiger charge is 2.17. The Labute approximate surface area is 186 Å². The van der Waals surface area contributed by atoms with Crippen molar-refractivity contribution >= 4 is 45.3 Å². The third-order valence-corrected chi connectivity index (χ3v) is 4.62. The number of hydrogen-bond donors (Lipinski definition) is 4. The van der Waals surface area contributed by atoms with Gasteiger partial charge >= 0.3 is 5.69 Å². The smallest absolute Gasteiger partial charge is 0.312 e. The lowest BCUT2D eigenvalue weighted by molar-refractivity contribution is -0.385. The number of nitrogens with zero attached hydrogens (tertiary/aromatic N) is 2. The number of nitrogens with one attached hydrogen (secondary N) is 2. The van der Waals surface area contributed by atoms with Crippen LogP contribution in [0.2, 0.25) is 0 Å². The number of halogens is 1. The van der Waals surface area contributed by atoms with Crippen LogP contribution >= 0.6 is 15.9 Å². The zero-order valence-electron chi connectivity index (χ0n) is 16.4. The van der Waals surface area contributed by atoms with Crippen LogP contribution in [0.15, 0.2) is 46.0 Å². The van der Waals surface area contributed by atoms with E-state index < -0.39 is 16.4 Å². The molecule has 0 fully saturated rings. The first kappa shape index (κ1) is 23.8. The maximum atomic E-state index is 11.9. The van der Waals surface area contributed by atoms with Gasteiger partial charge in [0.25, 0.3) is 0 Å². The summed E-state index contributed by atoms with van der Waals surface area (Å²) in [7, 11) is 0. The number of carbonyl (C=O) groups excluding carboxylic acids is 2. The van der Waals surface area contributed by atoms with Crippen LogP contribution in [0.4, 0.5) is 11.4 Å². The molecule has 2 rings (SSSR count). The van der Waals surface area contributed by atoms with Gasteiger partial charge in [0.1, 0.15) is 5.75 Å². The van der Waals surface area contributed by atoms with Crippen molar-refractivity contribution in [2.75, 3.05) is 5.32 Å². The second kappa shape index (κ2) is 11.6. The number of para-hydroxylation sites is 2. The number of rotatable bonds is 10. The van der Waals surface area contributed by atoms with Gasteiger partial charge in [-0.2, -0.15) is 5.10 Å². The highest BCUT2D eigenvalue weighted by atomic mass is 79.9. The molecule has 0 saturated carbocycles. The predicted molar refractivity (Wildman–Crippen MR) is 118 cm³/mol. The number of nitro groups is 1. The van der Waals surface area contributed by atoms with Gasteiger partial charge in [0.15, 0.2) is 0 Å². The third-order valence-electron chi connectivity index (χ3n) is 4.16. The van der Waals surface area contributed by atoms with Crippen LogP contribution in [-0.2, 0) is 9.59 Å². The summed E-state index contributed by atoms with van der Waals surface area (Å²) in [4.78, 5) is 33.9. The summed E-state index contributed by atoms with van der Waals surface area (Å²) in [5, 5.41) is 36.7. The first-order chi connectivity index (χ1) is 14.8. The topological polar surface area (TPSA) is 154 Å². The number of amides is 2. The zero-order valence-corrected chi connectivity index (χ0v) is 18.0. The van der Waals surface area contributed by atoms with E-state index in [1.807, 2.05) is 0 Å². The number of benzene rings is 2. The lowest BCUT2D eigenvalue weighted by atomic mass is 10.1. The third kappa shape index (κ3) is 7.70. The highest BCUT2D eigenvalue weighted by molar-refractivity contribution is 9.10. The Morgan fingerprint density at radius 3 is 2.45 bits per heavy atom. The van der Waals surface area contributed by atoms with Crippen LogP contribution in [0.25, 0.3) is 0 Å². The Bertz CT molecular complexity index is 996. The first-order valence-electron chi connectivity index (χ1n) is 9.34. The van der Waals surface area contributed by atoms with Crippen LogP contribution in [0, 0.1) is 10.1 Å². The van der Waals surface area contributed by atoms with E-state index in [1.165, 1.54) is 12.1 Å². The quantitative estimate of drug-likeness (QED) is 0.130. The Kier molecular flexibility index (Phi) is 8.94. The molecule has 2 aromatic carbocycles. The largest absolute Gasteiger partial charge is 0.506 e. The van der Waals surface area contributed by atoms with Gasteiger partial charge in [0.05, 0.1) is 16.8 Å². The minimum Gasteiger partial charge on any atom is -0.506 e. The van der Waals surface area contributed by atoms with Crippen molar-refractivity contribution in [3.63, 3.8) is 0 Å². The molecule has 0 saturated heterocycles. The lowest BCUT2D eigenvalue weighted by Crippen LogP contribution is -2.17. The molecule has 0 aromatic heterocycles. The van der Waals surface area contributed by atoms with Crippen LogP contribution in [-0.4, -0.2) is 33.2 Å². The molecule has 0 aliphatic carbocycles. The van der Waals surface area contributed by atoms with Crippen molar-refractivity contribution in [1.82, 2.24) is 5.43 Å². The minimum atomic E-state index is -0.723. The predicted octanol–water partition coefficient (Wildman–Crippen LogP) is 3.81. The first-order valence-corrected chi connectivity index (χ1v) is 10.1. The number of carbonyl (C=O) groups is 2. The van der Waals surface area contributed by atoms with E-state index in [0.29, 0.717) is 29.4 Å². The van der Waals surface area contributed by atoms with Crippen LogP contribution in [0.5, 0.6) is 11.5 Å². The van der Waals surface area contributed by atoms with E-state index in [1.54, 1.807) is 18.2 Å². The molecule has 0 atom stereocenters. The summed E-state index contributed by atoms with van der Waals surface area (Å²) in [6.07, 6.45) is 3.32. The standard InChI is InChI=1S/C20H21BrN4O6/c21-14-10-13(20(29)16(11-14)25(30)31)12-22-24-19(28)9-3-1-2-8-18(27)23-15-6-4-5-7-17(15)26/h4-7,10-12,26,29H,1-3,8-9H2,(H,23,27)(H,24,28)/b22-12+. The summed E-state index contributed by atoms with van der Waals surface area (Å²) in [5.74, 6) is -1.13. The average molecular weight is 493 g/mol. The van der Waals surface area contributed by atoms with Crippen LogP contribution in [0.1, 0.15) is 37.7 Å². The van der Waals surface area contributed by atoms with Crippen molar-refractivity contribution in [3.8, 4) is 11.5 Å². The molecule has 0 bridgehead atoms. The molecule has 0 heterocycles. The number of hydrazone groups is 1. The van der Waals surface area contributed by atoms with Gasteiger partial charge in [-0.1, -0.05) is 34.5 Å². The number of nitro benzene ring substituents is 1. The summed E-state index contributed by atoms with van der Waals surface area (Å²) in [5.41, 5.74) is 2.25. The molecule has 164 valence electrons. The summed E-state index contributed by atoms with van der Waals surface area (Å²) >= 11 is 3.11. The number of aromatic hydroxyl groups is 2. The molecule has 0 unspecified atom stereocenters. The second-order valence-corrected chi connectivity index (χ2v) is 7.45. The molecule has 2 aromatic rings.